The Kier molecular flexibility index (Phi) is 4.31. The molecule has 1 aromatic rings. The molecule has 21 heavy (non-hydrogen) atoms. The fraction of sp³-hybridized carbons (Fsp3) is 0.583. The van der Waals surface area contributed by atoms with E-state index in [1.54, 1.807) is 0 Å². The van der Waals surface area contributed by atoms with Gasteiger partial charge in [0.25, 0.3) is 0 Å². The van der Waals surface area contributed by atoms with Gasteiger partial charge >= 0.3 is 11.9 Å². The molecule has 1 aliphatic carbocycles. The van der Waals surface area contributed by atoms with Crippen LogP contribution in [0.1, 0.15) is 25.0 Å². The van der Waals surface area contributed by atoms with Gasteiger partial charge in [-0.05, 0) is 18.9 Å². The number of aliphatic hydroxyl groups is 1. The zero-order valence-corrected chi connectivity index (χ0v) is 10.9. The number of rotatable bonds is 4. The number of aliphatic hydroxyl groups excluding tert-OH is 1. The van der Waals surface area contributed by atoms with E-state index in [9.17, 15) is 28.4 Å². The highest BCUT2D eigenvalue weighted by molar-refractivity contribution is 5.61. The first kappa shape index (κ1) is 15.5. The van der Waals surface area contributed by atoms with Crippen molar-refractivity contribution in [3.63, 3.8) is 0 Å². The van der Waals surface area contributed by atoms with Crippen molar-refractivity contribution in [1.29, 1.82) is 0 Å². The Morgan fingerprint density at radius 1 is 1.48 bits per heavy atom. The Morgan fingerprint density at radius 3 is 2.76 bits per heavy atom. The molecule has 2 atom stereocenters. The van der Waals surface area contributed by atoms with E-state index in [1.807, 2.05) is 0 Å². The van der Waals surface area contributed by atoms with Gasteiger partial charge < -0.3 is 10.4 Å². The lowest BCUT2D eigenvalue weighted by atomic mass is 10.0. The second-order valence-corrected chi connectivity index (χ2v) is 4.97. The molecule has 9 heteroatoms. The van der Waals surface area contributed by atoms with Gasteiger partial charge in [0.05, 0.1) is 4.92 Å². The summed E-state index contributed by atoms with van der Waals surface area (Å²) in [6.07, 6.45) is -1.87. The molecule has 0 amide bonds. The molecule has 0 saturated heterocycles. The van der Waals surface area contributed by atoms with Crippen LogP contribution in [0.3, 0.4) is 0 Å². The van der Waals surface area contributed by atoms with Crippen molar-refractivity contribution in [2.24, 2.45) is 5.92 Å². The summed E-state index contributed by atoms with van der Waals surface area (Å²) in [5.74, 6) is -0.118. The minimum Gasteiger partial charge on any atom is -0.396 e. The van der Waals surface area contributed by atoms with Gasteiger partial charge in [0.15, 0.2) is 0 Å². The number of nitro groups is 1. The number of hydrogen-bond acceptors (Lipinski definition) is 5. The smallest absolute Gasteiger partial charge is 0.396 e. The summed E-state index contributed by atoms with van der Waals surface area (Å²) in [6.45, 7) is -0.108. The highest BCUT2D eigenvalue weighted by Gasteiger charge is 2.35. The van der Waals surface area contributed by atoms with E-state index >= 15 is 0 Å². The third-order valence-corrected chi connectivity index (χ3v) is 3.60. The number of alkyl halides is 3. The van der Waals surface area contributed by atoms with Gasteiger partial charge in [-0.15, -0.1) is 0 Å². The van der Waals surface area contributed by atoms with Gasteiger partial charge in [-0.2, -0.15) is 13.2 Å². The third kappa shape index (κ3) is 3.41. The quantitative estimate of drug-likeness (QED) is 0.659. The standard InChI is InChI=1S/C12H14F3N3O3/c13-12(14,15)11-4-9(10(5-16-11)18(20)21)17-8-3-1-2-7(8)6-19/h4-5,7-8,19H,1-3,6H2,(H,16,17). The van der Waals surface area contributed by atoms with Crippen LogP contribution in [0.15, 0.2) is 12.3 Å². The Hall–Kier alpha value is -1.90. The predicted octanol–water partition coefficient (Wildman–Crippen LogP) is 2.58. The van der Waals surface area contributed by atoms with Crippen LogP contribution in [-0.4, -0.2) is 27.7 Å². The number of pyridine rings is 1. The van der Waals surface area contributed by atoms with Crippen molar-refractivity contribution in [1.82, 2.24) is 4.98 Å². The molecule has 2 unspecified atom stereocenters. The molecule has 1 heterocycles. The van der Waals surface area contributed by atoms with Crippen molar-refractivity contribution in [2.75, 3.05) is 11.9 Å². The summed E-state index contributed by atoms with van der Waals surface area (Å²) >= 11 is 0. The van der Waals surface area contributed by atoms with Crippen LogP contribution in [0.4, 0.5) is 24.5 Å². The monoisotopic (exact) mass is 305 g/mol. The molecule has 0 aromatic carbocycles. The average Bonchev–Trinajstić information content (AvgIpc) is 2.84. The van der Waals surface area contributed by atoms with Crippen LogP contribution in [0.2, 0.25) is 0 Å². The van der Waals surface area contributed by atoms with E-state index in [-0.39, 0.29) is 24.3 Å². The maximum Gasteiger partial charge on any atom is 0.433 e. The van der Waals surface area contributed by atoms with Crippen molar-refractivity contribution in [3.05, 3.63) is 28.1 Å². The predicted molar refractivity (Wildman–Crippen MR) is 67.7 cm³/mol. The molecule has 0 bridgehead atoms. The fourth-order valence-electron chi connectivity index (χ4n) is 2.51. The first-order valence-electron chi connectivity index (χ1n) is 6.42. The zero-order chi connectivity index (χ0) is 15.6. The number of anilines is 1. The molecule has 116 valence electrons. The lowest BCUT2D eigenvalue weighted by Gasteiger charge is -2.20. The van der Waals surface area contributed by atoms with Crippen molar-refractivity contribution in [3.8, 4) is 0 Å². The Bertz CT molecular complexity index is 536. The van der Waals surface area contributed by atoms with Crippen molar-refractivity contribution < 1.29 is 23.2 Å². The van der Waals surface area contributed by atoms with Gasteiger partial charge in [0.2, 0.25) is 0 Å². The molecule has 2 N–H and O–H groups in total. The highest BCUT2D eigenvalue weighted by atomic mass is 19.4. The van der Waals surface area contributed by atoms with Gasteiger partial charge in [0, 0.05) is 18.6 Å². The van der Waals surface area contributed by atoms with Crippen LogP contribution in [0, 0.1) is 16.0 Å². The number of aromatic nitrogens is 1. The molecule has 0 spiro atoms. The lowest BCUT2D eigenvalue weighted by Crippen LogP contribution is -2.27. The van der Waals surface area contributed by atoms with Gasteiger partial charge in [-0.3, -0.25) is 10.1 Å². The molecule has 1 aromatic heterocycles. The van der Waals surface area contributed by atoms with Gasteiger partial charge in [-0.25, -0.2) is 4.98 Å². The number of halogens is 3. The summed E-state index contributed by atoms with van der Waals surface area (Å²) in [4.78, 5) is 13.2. The molecule has 0 radical (unpaired) electrons. The zero-order valence-electron chi connectivity index (χ0n) is 10.9. The molecule has 1 aliphatic rings. The topological polar surface area (TPSA) is 88.3 Å². The Labute approximate surface area is 118 Å². The maximum absolute atomic E-state index is 12.7. The highest BCUT2D eigenvalue weighted by Crippen LogP contribution is 2.35. The van der Waals surface area contributed by atoms with E-state index in [2.05, 4.69) is 10.3 Å². The first-order chi connectivity index (χ1) is 9.82. The van der Waals surface area contributed by atoms with Crippen LogP contribution in [0.5, 0.6) is 0 Å². The molecule has 1 saturated carbocycles. The van der Waals surface area contributed by atoms with E-state index in [4.69, 9.17) is 0 Å². The Balaban J connectivity index is 2.32. The van der Waals surface area contributed by atoms with Crippen LogP contribution in [0.25, 0.3) is 0 Å². The number of nitrogens with zero attached hydrogens (tertiary/aromatic N) is 2. The van der Waals surface area contributed by atoms with Crippen LogP contribution in [-0.2, 0) is 6.18 Å². The van der Waals surface area contributed by atoms with E-state index < -0.39 is 22.5 Å². The molecule has 0 aliphatic heterocycles. The SMILES string of the molecule is O=[N+]([O-])c1cnc(C(F)(F)F)cc1NC1CCCC1CO. The molecule has 6 nitrogen and oxygen atoms in total. The van der Waals surface area contributed by atoms with Crippen molar-refractivity contribution in [2.45, 2.75) is 31.5 Å². The second-order valence-electron chi connectivity index (χ2n) is 4.97. The van der Waals surface area contributed by atoms with E-state index in [1.165, 1.54) is 0 Å². The van der Waals surface area contributed by atoms with Crippen LogP contribution < -0.4 is 5.32 Å². The minimum absolute atomic E-state index is 0.108. The van der Waals surface area contributed by atoms with Gasteiger partial charge in [0.1, 0.15) is 17.6 Å². The normalized spacial score (nSPS) is 22.3. The lowest BCUT2D eigenvalue weighted by molar-refractivity contribution is -0.384. The van der Waals surface area contributed by atoms with E-state index in [0.717, 1.165) is 12.8 Å². The molecular weight excluding hydrogens is 291 g/mol. The summed E-state index contributed by atoms with van der Waals surface area (Å²) in [5, 5.41) is 22.9. The molecule has 2 rings (SSSR count). The molecule has 1 fully saturated rings. The first-order valence-corrected chi connectivity index (χ1v) is 6.42. The number of hydrogen-bond donors (Lipinski definition) is 2. The maximum atomic E-state index is 12.7. The summed E-state index contributed by atoms with van der Waals surface area (Å²) in [5.41, 5.74) is -1.91. The summed E-state index contributed by atoms with van der Waals surface area (Å²) in [7, 11) is 0. The van der Waals surface area contributed by atoms with Crippen molar-refractivity contribution >= 4 is 11.4 Å². The largest absolute Gasteiger partial charge is 0.433 e. The summed E-state index contributed by atoms with van der Waals surface area (Å²) < 4.78 is 38.0. The fourth-order valence-corrected chi connectivity index (χ4v) is 2.51. The third-order valence-electron chi connectivity index (χ3n) is 3.60. The van der Waals surface area contributed by atoms with Crippen LogP contribution >= 0.6 is 0 Å². The minimum atomic E-state index is -4.67. The molecular formula is C12H14F3N3O3. The second kappa shape index (κ2) is 5.84. The van der Waals surface area contributed by atoms with E-state index in [0.29, 0.717) is 18.7 Å². The average molecular weight is 305 g/mol. The number of nitrogens with one attached hydrogen (secondary N) is 1. The summed E-state index contributed by atoms with van der Waals surface area (Å²) in [6, 6.07) is 0.363. The Morgan fingerprint density at radius 2 is 2.19 bits per heavy atom. The van der Waals surface area contributed by atoms with Gasteiger partial charge in [-0.1, -0.05) is 6.42 Å².